The van der Waals surface area contributed by atoms with Gasteiger partial charge < -0.3 is 4.74 Å². The van der Waals surface area contributed by atoms with Crippen molar-refractivity contribution in [3.63, 3.8) is 0 Å². The van der Waals surface area contributed by atoms with Crippen molar-refractivity contribution in [2.75, 3.05) is 14.2 Å². The fourth-order valence-electron chi connectivity index (χ4n) is 4.42. The molecule has 0 spiro atoms. The van der Waals surface area contributed by atoms with Crippen LogP contribution in [0.15, 0.2) is 77.9 Å². The van der Waals surface area contributed by atoms with E-state index >= 15 is 0 Å². The minimum Gasteiger partial charge on any atom is -0.467 e. The fourth-order valence-corrected chi connectivity index (χ4v) is 4.42. The summed E-state index contributed by atoms with van der Waals surface area (Å²) >= 11 is 0. The number of hydrogen-bond donors (Lipinski definition) is 0. The third-order valence-corrected chi connectivity index (χ3v) is 5.57. The lowest BCUT2D eigenvalue weighted by atomic mass is 9.69. The molecule has 1 aliphatic carbocycles. The summed E-state index contributed by atoms with van der Waals surface area (Å²) in [5.74, 6) is -0.149. The highest BCUT2D eigenvalue weighted by molar-refractivity contribution is 6.05. The van der Waals surface area contributed by atoms with Gasteiger partial charge in [0.1, 0.15) is 0 Å². The SMILES string of the molecule is COC(=O)[C@]1(c2ccccc2)[C@H]2CC=C[C@H]2C(c2ccccc2)=NN1C. The lowest BCUT2D eigenvalue weighted by Crippen LogP contribution is -2.58. The van der Waals surface area contributed by atoms with Gasteiger partial charge in [0.15, 0.2) is 5.54 Å². The van der Waals surface area contributed by atoms with Crippen molar-refractivity contribution >= 4 is 11.7 Å². The summed E-state index contributed by atoms with van der Waals surface area (Å²) in [4.78, 5) is 13.1. The monoisotopic (exact) mass is 346 g/mol. The molecule has 3 atom stereocenters. The van der Waals surface area contributed by atoms with Gasteiger partial charge in [-0.3, -0.25) is 5.01 Å². The maximum Gasteiger partial charge on any atom is 0.338 e. The van der Waals surface area contributed by atoms with Gasteiger partial charge in [0.05, 0.1) is 12.8 Å². The number of methoxy groups -OCH3 is 1. The molecule has 4 rings (SSSR count). The molecule has 0 N–H and O–H groups in total. The van der Waals surface area contributed by atoms with Crippen molar-refractivity contribution in [2.24, 2.45) is 16.9 Å². The molecule has 1 heterocycles. The molecule has 0 amide bonds. The number of carbonyl (C=O) groups excluding carboxylic acids is 1. The summed E-state index contributed by atoms with van der Waals surface area (Å²) in [6.07, 6.45) is 5.16. The Morgan fingerprint density at radius 2 is 1.77 bits per heavy atom. The van der Waals surface area contributed by atoms with E-state index < -0.39 is 5.54 Å². The van der Waals surface area contributed by atoms with Crippen molar-refractivity contribution in [2.45, 2.75) is 12.0 Å². The molecule has 26 heavy (non-hydrogen) atoms. The lowest BCUT2D eigenvalue weighted by Gasteiger charge is -2.48. The average molecular weight is 346 g/mol. The predicted molar refractivity (Wildman–Crippen MR) is 102 cm³/mol. The van der Waals surface area contributed by atoms with Gasteiger partial charge in [0, 0.05) is 18.9 Å². The maximum absolute atomic E-state index is 13.1. The van der Waals surface area contributed by atoms with E-state index in [9.17, 15) is 4.79 Å². The zero-order valence-corrected chi connectivity index (χ0v) is 15.0. The number of hydrogen-bond acceptors (Lipinski definition) is 4. The summed E-state index contributed by atoms with van der Waals surface area (Å²) < 4.78 is 5.29. The van der Waals surface area contributed by atoms with Crippen LogP contribution in [0.2, 0.25) is 0 Å². The van der Waals surface area contributed by atoms with Crippen molar-refractivity contribution < 1.29 is 9.53 Å². The van der Waals surface area contributed by atoms with E-state index in [1.54, 1.807) is 0 Å². The van der Waals surface area contributed by atoms with Crippen LogP contribution in [0.1, 0.15) is 17.5 Å². The zero-order chi connectivity index (χ0) is 18.1. The first kappa shape index (κ1) is 16.6. The molecule has 132 valence electrons. The Balaban J connectivity index is 1.92. The first-order valence-corrected chi connectivity index (χ1v) is 8.88. The number of hydrazone groups is 1. The Labute approximate surface area is 153 Å². The number of benzene rings is 2. The summed E-state index contributed by atoms with van der Waals surface area (Å²) in [6.45, 7) is 0. The van der Waals surface area contributed by atoms with E-state index in [1.165, 1.54) is 7.11 Å². The van der Waals surface area contributed by atoms with Crippen LogP contribution >= 0.6 is 0 Å². The smallest absolute Gasteiger partial charge is 0.338 e. The van der Waals surface area contributed by atoms with Crippen LogP contribution in [0.3, 0.4) is 0 Å². The van der Waals surface area contributed by atoms with E-state index in [4.69, 9.17) is 9.84 Å². The second kappa shape index (κ2) is 6.45. The minimum atomic E-state index is -0.928. The van der Waals surface area contributed by atoms with Gasteiger partial charge in [0.25, 0.3) is 0 Å². The first-order valence-electron chi connectivity index (χ1n) is 8.88. The number of nitrogens with zero attached hydrogens (tertiary/aromatic N) is 2. The molecular weight excluding hydrogens is 324 g/mol. The fraction of sp³-hybridized carbons (Fsp3) is 0.273. The Morgan fingerprint density at radius 1 is 1.12 bits per heavy atom. The number of carbonyl (C=O) groups is 1. The Bertz CT molecular complexity index is 860. The van der Waals surface area contributed by atoms with E-state index in [1.807, 2.05) is 60.6 Å². The lowest BCUT2D eigenvalue weighted by molar-refractivity contribution is -0.161. The highest BCUT2D eigenvalue weighted by atomic mass is 16.5. The molecule has 0 saturated heterocycles. The topological polar surface area (TPSA) is 41.9 Å². The molecule has 0 aromatic heterocycles. The molecule has 2 aromatic rings. The van der Waals surface area contributed by atoms with Crippen molar-refractivity contribution in [1.29, 1.82) is 0 Å². The third-order valence-electron chi connectivity index (χ3n) is 5.57. The molecule has 2 aliphatic rings. The van der Waals surface area contributed by atoms with Gasteiger partial charge in [-0.15, -0.1) is 0 Å². The molecule has 0 saturated carbocycles. The number of rotatable bonds is 3. The van der Waals surface area contributed by atoms with Gasteiger partial charge in [-0.2, -0.15) is 5.10 Å². The van der Waals surface area contributed by atoms with E-state index in [0.717, 1.165) is 23.3 Å². The van der Waals surface area contributed by atoms with Crippen LogP contribution in [0, 0.1) is 11.8 Å². The van der Waals surface area contributed by atoms with Gasteiger partial charge in [0.2, 0.25) is 0 Å². The summed E-state index contributed by atoms with van der Waals surface area (Å²) in [7, 11) is 3.33. The third kappa shape index (κ3) is 2.29. The average Bonchev–Trinajstić information content (AvgIpc) is 3.18. The van der Waals surface area contributed by atoms with Crippen molar-refractivity contribution in [1.82, 2.24) is 5.01 Å². The molecule has 0 unspecified atom stereocenters. The van der Waals surface area contributed by atoms with Gasteiger partial charge in [-0.25, -0.2) is 4.79 Å². The molecule has 0 bridgehead atoms. The minimum absolute atomic E-state index is 0.0371. The van der Waals surface area contributed by atoms with Crippen molar-refractivity contribution in [3.05, 3.63) is 83.9 Å². The molecule has 1 aliphatic heterocycles. The van der Waals surface area contributed by atoms with Crippen LogP contribution in [0.5, 0.6) is 0 Å². The van der Waals surface area contributed by atoms with Crippen molar-refractivity contribution in [3.8, 4) is 0 Å². The summed E-state index contributed by atoms with van der Waals surface area (Å²) in [6, 6.07) is 20.0. The number of fused-ring (bicyclic) bond motifs is 1. The van der Waals surface area contributed by atoms with E-state index in [0.29, 0.717) is 0 Å². The second-order valence-corrected chi connectivity index (χ2v) is 6.79. The van der Waals surface area contributed by atoms with Crippen LogP contribution in [0.4, 0.5) is 0 Å². The first-order chi connectivity index (χ1) is 12.7. The van der Waals surface area contributed by atoms with Crippen LogP contribution < -0.4 is 0 Å². The Morgan fingerprint density at radius 3 is 2.42 bits per heavy atom. The highest BCUT2D eigenvalue weighted by Crippen LogP contribution is 2.49. The summed E-state index contributed by atoms with van der Waals surface area (Å²) in [5.41, 5.74) is 2.08. The normalized spacial score (nSPS) is 27.0. The summed E-state index contributed by atoms with van der Waals surface area (Å²) in [5, 5.41) is 6.70. The molecule has 0 fully saturated rings. The van der Waals surface area contributed by atoms with Crippen LogP contribution in [-0.2, 0) is 15.1 Å². The number of ether oxygens (including phenoxy) is 1. The van der Waals surface area contributed by atoms with Gasteiger partial charge in [-0.05, 0) is 17.5 Å². The maximum atomic E-state index is 13.1. The van der Waals surface area contributed by atoms with Gasteiger partial charge in [-0.1, -0.05) is 72.8 Å². The van der Waals surface area contributed by atoms with E-state index in [-0.39, 0.29) is 17.8 Å². The Kier molecular flexibility index (Phi) is 4.11. The molecular formula is C22H22N2O2. The van der Waals surface area contributed by atoms with E-state index in [2.05, 4.69) is 24.3 Å². The standard InChI is InChI=1S/C22H22N2O2/c1-24-22(21(25)26-2,17-12-7-4-8-13-17)19-15-9-14-18(19)20(23-24)16-10-5-3-6-11-16/h3-14,18-19H,15H2,1-2H3/t18-,19+,22+/m1/s1. The number of esters is 1. The van der Waals surface area contributed by atoms with Crippen LogP contribution in [-0.4, -0.2) is 30.8 Å². The number of likely N-dealkylation sites (N-methyl/N-ethyl adjacent to an activating group) is 1. The van der Waals surface area contributed by atoms with Gasteiger partial charge >= 0.3 is 5.97 Å². The second-order valence-electron chi connectivity index (χ2n) is 6.79. The molecule has 2 aromatic carbocycles. The predicted octanol–water partition coefficient (Wildman–Crippen LogP) is 3.60. The Hall–Kier alpha value is -2.88. The molecule has 4 heteroatoms. The zero-order valence-electron chi connectivity index (χ0n) is 15.0. The highest BCUT2D eigenvalue weighted by Gasteiger charge is 2.58. The molecule has 0 radical (unpaired) electrons. The number of allylic oxidation sites excluding steroid dienone is 2. The molecule has 4 nitrogen and oxygen atoms in total. The quantitative estimate of drug-likeness (QED) is 0.630. The van der Waals surface area contributed by atoms with Crippen LogP contribution in [0.25, 0.3) is 0 Å². The largest absolute Gasteiger partial charge is 0.467 e.